The minimum absolute atomic E-state index is 0.0219. The quantitative estimate of drug-likeness (QED) is 0.0680. The highest BCUT2D eigenvalue weighted by Gasteiger charge is 2.28. The van der Waals surface area contributed by atoms with Crippen molar-refractivity contribution in [1.29, 1.82) is 5.26 Å². The maximum atomic E-state index is 12.5. The van der Waals surface area contributed by atoms with Crippen LogP contribution in [0.15, 0.2) is 73.3 Å². The van der Waals surface area contributed by atoms with Crippen molar-refractivity contribution in [2.45, 2.75) is 14.7 Å². The molecule has 22 heteroatoms. The largest absolute Gasteiger partial charge is 0.505 e. The maximum Gasteiger partial charge on any atom is 0.297 e. The summed E-state index contributed by atoms with van der Waals surface area (Å²) >= 11 is 5.81. The lowest BCUT2D eigenvalue weighted by Gasteiger charge is -2.15. The zero-order valence-corrected chi connectivity index (χ0v) is 25.4. The zero-order valence-electron chi connectivity index (χ0n) is 22.2. The van der Waals surface area contributed by atoms with Crippen molar-refractivity contribution in [3.63, 3.8) is 0 Å². The third kappa shape index (κ3) is 6.90. The average molecular weight is 697 g/mol. The number of nitrogens with one attached hydrogen (secondary N) is 2. The number of sulfone groups is 1. The molecule has 4 rings (SSSR count). The lowest BCUT2D eigenvalue weighted by atomic mass is 10.1. The second-order valence-corrected chi connectivity index (χ2v) is 13.4. The molecule has 0 bridgehead atoms. The van der Waals surface area contributed by atoms with Gasteiger partial charge < -0.3 is 15.2 Å². The molecule has 0 radical (unpaired) electrons. The van der Waals surface area contributed by atoms with Gasteiger partial charge in [0.05, 0.1) is 17.7 Å². The van der Waals surface area contributed by atoms with Crippen LogP contribution < -0.4 is 15.4 Å². The molecule has 0 amide bonds. The average Bonchev–Trinajstić information content (AvgIpc) is 2.95. The number of aromatic hydroxyl groups is 1. The number of azo groups is 1. The van der Waals surface area contributed by atoms with Crippen LogP contribution in [-0.4, -0.2) is 61.5 Å². The number of ether oxygens (including phenoxy) is 1. The van der Waals surface area contributed by atoms with Gasteiger partial charge in [-0.1, -0.05) is 6.58 Å². The Morgan fingerprint density at radius 1 is 0.978 bits per heavy atom. The van der Waals surface area contributed by atoms with Gasteiger partial charge in [0.1, 0.15) is 26.9 Å². The molecule has 0 atom stereocenters. The minimum Gasteiger partial charge on any atom is -0.505 e. The summed E-state index contributed by atoms with van der Waals surface area (Å²) in [5.74, 6) is -1.79. The molecule has 0 fully saturated rings. The number of hydrogen-bond donors (Lipinski definition) is 5. The van der Waals surface area contributed by atoms with E-state index in [2.05, 4.69) is 42.4 Å². The number of methoxy groups -OCH3 is 1. The second-order valence-electron chi connectivity index (χ2n) is 8.42. The molecule has 45 heavy (non-hydrogen) atoms. The van der Waals surface area contributed by atoms with Crippen LogP contribution >= 0.6 is 11.6 Å². The van der Waals surface area contributed by atoms with Crippen LogP contribution in [0.1, 0.15) is 0 Å². The van der Waals surface area contributed by atoms with Crippen molar-refractivity contribution >= 4 is 81.4 Å². The molecule has 0 saturated carbocycles. The number of halogens is 1. The molecule has 0 saturated heterocycles. The first kappa shape index (κ1) is 32.9. The first-order valence-corrected chi connectivity index (χ1v) is 16.4. The highest BCUT2D eigenvalue weighted by Crippen LogP contribution is 2.45. The monoisotopic (exact) mass is 696 g/mol. The number of phenols is 1. The summed E-state index contributed by atoms with van der Waals surface area (Å²) in [4.78, 5) is 8.74. The van der Waals surface area contributed by atoms with Gasteiger partial charge in [-0.25, -0.2) is 8.42 Å². The lowest BCUT2D eigenvalue weighted by molar-refractivity contribution is 0.415. The van der Waals surface area contributed by atoms with E-state index >= 15 is 0 Å². The standard InChI is InChI=1S/C23H17ClN8O10S3/c1-3-43(34,35)11-4-7-16(42-2)15(8-11)31-32-18-17(44(36,37)38)9-13-12(19(18)33)5-6-14(20(13)45(39,40)41)27-23-29-21(24)28-22(30-23)26-10-25/h3-9,33H,1H2,2H3,(H,36,37,38)(H,39,40,41)(H2,26,27,28,29,30). The summed E-state index contributed by atoms with van der Waals surface area (Å²) < 4.78 is 99.6. The molecule has 3 aromatic carbocycles. The van der Waals surface area contributed by atoms with Crippen molar-refractivity contribution < 1.29 is 44.2 Å². The molecule has 0 spiro atoms. The molecule has 0 aliphatic heterocycles. The van der Waals surface area contributed by atoms with Gasteiger partial charge in [0, 0.05) is 16.2 Å². The summed E-state index contributed by atoms with van der Waals surface area (Å²) in [5.41, 5.74) is -1.60. The molecule has 1 heterocycles. The fraction of sp³-hybridized carbons (Fsp3) is 0.0435. The van der Waals surface area contributed by atoms with Crippen LogP contribution in [0, 0.1) is 11.5 Å². The predicted octanol–water partition coefficient (Wildman–Crippen LogP) is 3.85. The van der Waals surface area contributed by atoms with E-state index in [1.165, 1.54) is 19.2 Å². The minimum atomic E-state index is -5.29. The van der Waals surface area contributed by atoms with Crippen molar-refractivity contribution in [1.82, 2.24) is 15.0 Å². The Kier molecular flexibility index (Phi) is 8.92. The van der Waals surface area contributed by atoms with Crippen LogP contribution in [0.4, 0.5) is 29.0 Å². The van der Waals surface area contributed by atoms with Crippen LogP contribution in [0.3, 0.4) is 0 Å². The number of hydrogen-bond acceptors (Lipinski definition) is 16. The third-order valence-electron chi connectivity index (χ3n) is 5.70. The van der Waals surface area contributed by atoms with Crippen molar-refractivity contribution in [3.05, 3.63) is 53.7 Å². The maximum absolute atomic E-state index is 12.5. The number of anilines is 3. The molecular weight excluding hydrogens is 680 g/mol. The van der Waals surface area contributed by atoms with E-state index in [4.69, 9.17) is 21.6 Å². The Morgan fingerprint density at radius 3 is 2.27 bits per heavy atom. The highest BCUT2D eigenvalue weighted by molar-refractivity contribution is 7.94. The first-order chi connectivity index (χ1) is 21.0. The van der Waals surface area contributed by atoms with E-state index in [1.54, 1.807) is 6.19 Å². The molecule has 5 N–H and O–H groups in total. The predicted molar refractivity (Wildman–Crippen MR) is 157 cm³/mol. The van der Waals surface area contributed by atoms with Crippen molar-refractivity contribution in [3.8, 4) is 17.7 Å². The summed E-state index contributed by atoms with van der Waals surface area (Å²) in [5, 5.41) is 31.1. The fourth-order valence-corrected chi connectivity index (χ4v) is 6.20. The summed E-state index contributed by atoms with van der Waals surface area (Å²) in [6, 6.07) is 6.13. The van der Waals surface area contributed by atoms with Crippen LogP contribution in [0.5, 0.6) is 11.5 Å². The number of nitrogens with zero attached hydrogens (tertiary/aromatic N) is 6. The Morgan fingerprint density at radius 2 is 1.67 bits per heavy atom. The highest BCUT2D eigenvalue weighted by atomic mass is 35.5. The van der Waals surface area contributed by atoms with Gasteiger partial charge in [0.15, 0.2) is 21.8 Å². The van der Waals surface area contributed by atoms with Gasteiger partial charge in [0.25, 0.3) is 20.2 Å². The molecular formula is C23H17ClN8O10S3. The van der Waals surface area contributed by atoms with E-state index in [-0.39, 0.29) is 22.3 Å². The van der Waals surface area contributed by atoms with Gasteiger partial charge in [-0.2, -0.15) is 37.0 Å². The molecule has 0 aliphatic carbocycles. The SMILES string of the molecule is C=CS(=O)(=O)c1ccc(OC)c(N=Nc2c(S(=O)(=O)O)cc3c(S(=O)(=O)O)c(Nc4nc(Cl)nc(NC#N)n4)ccc3c2O)c1. The lowest BCUT2D eigenvalue weighted by Crippen LogP contribution is -2.08. The van der Waals surface area contributed by atoms with Crippen molar-refractivity contribution in [2.75, 3.05) is 17.7 Å². The van der Waals surface area contributed by atoms with E-state index in [9.17, 15) is 39.5 Å². The number of aromatic nitrogens is 3. The molecule has 4 aromatic rings. The fourth-order valence-electron chi connectivity index (χ4n) is 3.82. The van der Waals surface area contributed by atoms with Gasteiger partial charge in [-0.15, -0.1) is 10.2 Å². The van der Waals surface area contributed by atoms with Gasteiger partial charge in [-0.05, 0) is 48.0 Å². The van der Waals surface area contributed by atoms with E-state index in [1.807, 2.05) is 0 Å². The number of benzene rings is 3. The van der Waals surface area contributed by atoms with Crippen molar-refractivity contribution in [2.24, 2.45) is 10.2 Å². The third-order valence-corrected chi connectivity index (χ3v) is 9.04. The Hall–Kier alpha value is -4.98. The zero-order chi connectivity index (χ0) is 33.3. The summed E-state index contributed by atoms with van der Waals surface area (Å²) in [6.45, 7) is 3.23. The number of nitriles is 1. The van der Waals surface area contributed by atoms with Gasteiger partial charge in [0.2, 0.25) is 17.2 Å². The molecule has 0 aliphatic rings. The van der Waals surface area contributed by atoms with Gasteiger partial charge in [-0.3, -0.25) is 14.4 Å². The summed E-state index contributed by atoms with van der Waals surface area (Å²) in [6.07, 6.45) is 1.55. The molecule has 0 unspecified atom stereocenters. The second kappa shape index (κ2) is 12.2. The van der Waals surface area contributed by atoms with Gasteiger partial charge >= 0.3 is 0 Å². The van der Waals surface area contributed by atoms with E-state index in [0.29, 0.717) is 11.5 Å². The Bertz CT molecular complexity index is 2290. The molecule has 234 valence electrons. The number of rotatable bonds is 10. The summed E-state index contributed by atoms with van der Waals surface area (Å²) in [7, 11) is -13.3. The van der Waals surface area contributed by atoms with Crippen LogP contribution in [0.2, 0.25) is 5.28 Å². The number of fused-ring (bicyclic) bond motifs is 1. The van der Waals surface area contributed by atoms with Crippen LogP contribution in [-0.2, 0) is 30.1 Å². The first-order valence-electron chi connectivity index (χ1n) is 11.6. The molecule has 1 aromatic heterocycles. The smallest absolute Gasteiger partial charge is 0.297 e. The van der Waals surface area contributed by atoms with E-state index in [0.717, 1.165) is 18.2 Å². The Balaban J connectivity index is 1.98. The van der Waals surface area contributed by atoms with Crippen LogP contribution in [0.25, 0.3) is 10.8 Å². The topological polar surface area (TPSA) is 284 Å². The Labute approximate surface area is 259 Å². The normalized spacial score (nSPS) is 12.2. The number of phenolic OH excluding ortho intramolecular Hbond substituents is 1. The molecule has 18 nitrogen and oxygen atoms in total. The van der Waals surface area contributed by atoms with E-state index < -0.39 is 79.0 Å².